The molecule has 0 saturated carbocycles. The first-order valence-electron chi connectivity index (χ1n) is 7.71. The maximum atomic E-state index is 4.27. The van der Waals surface area contributed by atoms with Gasteiger partial charge >= 0.3 is 0 Å². The molecule has 0 aromatic carbocycles. The van der Waals surface area contributed by atoms with Crippen molar-refractivity contribution in [3.05, 3.63) is 11.9 Å². The molecular weight excluding hydrogens is 236 g/mol. The van der Waals surface area contributed by atoms with E-state index < -0.39 is 0 Å². The van der Waals surface area contributed by atoms with Crippen molar-refractivity contribution in [3.63, 3.8) is 0 Å². The molecular formula is C15H30N4. The van der Waals surface area contributed by atoms with Crippen molar-refractivity contribution in [3.8, 4) is 0 Å². The SMILES string of the molecule is CCCCC(CC)(CNCCC)Cc1cn(C)nn1. The van der Waals surface area contributed by atoms with Crippen LogP contribution >= 0.6 is 0 Å². The van der Waals surface area contributed by atoms with Crippen molar-refractivity contribution >= 4 is 0 Å². The minimum atomic E-state index is 0.335. The first-order valence-corrected chi connectivity index (χ1v) is 7.71. The average molecular weight is 266 g/mol. The highest BCUT2D eigenvalue weighted by Gasteiger charge is 2.28. The van der Waals surface area contributed by atoms with E-state index >= 15 is 0 Å². The molecule has 19 heavy (non-hydrogen) atoms. The highest BCUT2D eigenvalue weighted by atomic mass is 15.4. The highest BCUT2D eigenvalue weighted by molar-refractivity contribution is 4.99. The van der Waals surface area contributed by atoms with Crippen LogP contribution in [0.1, 0.15) is 58.6 Å². The van der Waals surface area contributed by atoms with E-state index in [2.05, 4.69) is 42.6 Å². The van der Waals surface area contributed by atoms with E-state index in [-0.39, 0.29) is 0 Å². The lowest BCUT2D eigenvalue weighted by atomic mass is 9.76. The van der Waals surface area contributed by atoms with Crippen LogP contribution in [0.15, 0.2) is 6.20 Å². The number of unbranched alkanes of at least 4 members (excludes halogenated alkanes) is 1. The van der Waals surface area contributed by atoms with Crippen LogP contribution < -0.4 is 5.32 Å². The molecule has 1 heterocycles. The Balaban J connectivity index is 2.69. The van der Waals surface area contributed by atoms with Crippen molar-refractivity contribution in [1.29, 1.82) is 0 Å². The number of hydrogen-bond donors (Lipinski definition) is 1. The maximum Gasteiger partial charge on any atom is 0.0833 e. The molecule has 0 spiro atoms. The molecule has 0 aliphatic carbocycles. The molecule has 0 radical (unpaired) electrons. The van der Waals surface area contributed by atoms with E-state index in [1.165, 1.54) is 32.1 Å². The van der Waals surface area contributed by atoms with Gasteiger partial charge in [0.15, 0.2) is 0 Å². The summed E-state index contributed by atoms with van der Waals surface area (Å²) < 4.78 is 1.80. The number of aromatic nitrogens is 3. The Labute approximate surface area is 118 Å². The molecule has 1 aromatic rings. The van der Waals surface area contributed by atoms with Gasteiger partial charge in [0.1, 0.15) is 0 Å². The lowest BCUT2D eigenvalue weighted by Crippen LogP contribution is -2.36. The summed E-state index contributed by atoms with van der Waals surface area (Å²) in [5, 5.41) is 11.9. The largest absolute Gasteiger partial charge is 0.316 e. The smallest absolute Gasteiger partial charge is 0.0833 e. The number of rotatable bonds is 10. The minimum absolute atomic E-state index is 0.335. The molecule has 0 aliphatic heterocycles. The van der Waals surface area contributed by atoms with Crippen molar-refractivity contribution in [2.75, 3.05) is 13.1 Å². The van der Waals surface area contributed by atoms with Gasteiger partial charge in [-0.3, -0.25) is 4.68 Å². The third-order valence-corrected chi connectivity index (χ3v) is 3.94. The summed E-state index contributed by atoms with van der Waals surface area (Å²) in [6, 6.07) is 0. The van der Waals surface area contributed by atoms with Crippen LogP contribution in [0.3, 0.4) is 0 Å². The van der Waals surface area contributed by atoms with Gasteiger partial charge in [0.25, 0.3) is 0 Å². The zero-order valence-corrected chi connectivity index (χ0v) is 13.1. The van der Waals surface area contributed by atoms with Crippen LogP contribution in [0.5, 0.6) is 0 Å². The molecule has 1 aromatic heterocycles. The van der Waals surface area contributed by atoms with Crippen molar-refractivity contribution < 1.29 is 0 Å². The topological polar surface area (TPSA) is 42.7 Å². The predicted molar refractivity (Wildman–Crippen MR) is 80.1 cm³/mol. The number of nitrogens with one attached hydrogen (secondary N) is 1. The fourth-order valence-corrected chi connectivity index (χ4v) is 2.61. The maximum absolute atomic E-state index is 4.27. The van der Waals surface area contributed by atoms with Gasteiger partial charge < -0.3 is 5.32 Å². The molecule has 0 amide bonds. The van der Waals surface area contributed by atoms with Crippen molar-refractivity contribution in [2.45, 2.75) is 59.3 Å². The van der Waals surface area contributed by atoms with Crippen LogP contribution in [0, 0.1) is 5.41 Å². The van der Waals surface area contributed by atoms with E-state index in [1.807, 2.05) is 7.05 Å². The normalized spacial score (nSPS) is 14.5. The summed E-state index contributed by atoms with van der Waals surface area (Å²) in [6.07, 6.45) is 9.30. The standard InChI is InChI=1S/C15H30N4/c1-5-8-9-15(7-3,13-16-10-6-2)11-14-12-19(4)18-17-14/h12,16H,5-11,13H2,1-4H3. The summed E-state index contributed by atoms with van der Waals surface area (Å²) >= 11 is 0. The molecule has 0 saturated heterocycles. The Morgan fingerprint density at radius 1 is 1.26 bits per heavy atom. The zero-order valence-electron chi connectivity index (χ0n) is 13.1. The van der Waals surface area contributed by atoms with Crippen LogP contribution in [0.2, 0.25) is 0 Å². The molecule has 1 atom stereocenters. The van der Waals surface area contributed by atoms with Crippen LogP contribution in [-0.4, -0.2) is 28.1 Å². The fraction of sp³-hybridized carbons (Fsp3) is 0.867. The van der Waals surface area contributed by atoms with E-state index in [9.17, 15) is 0 Å². The van der Waals surface area contributed by atoms with Gasteiger partial charge in [-0.25, -0.2) is 0 Å². The molecule has 110 valence electrons. The van der Waals surface area contributed by atoms with Crippen LogP contribution in [-0.2, 0) is 13.5 Å². The summed E-state index contributed by atoms with van der Waals surface area (Å²) in [5.41, 5.74) is 1.46. The van der Waals surface area contributed by atoms with Gasteiger partial charge in [-0.15, -0.1) is 5.10 Å². The Hall–Kier alpha value is -0.900. The third-order valence-electron chi connectivity index (χ3n) is 3.94. The summed E-state index contributed by atoms with van der Waals surface area (Å²) in [7, 11) is 1.94. The molecule has 0 aliphatic rings. The zero-order chi connectivity index (χ0) is 14.1. The average Bonchev–Trinajstić information content (AvgIpc) is 2.81. The Kier molecular flexibility index (Phi) is 7.06. The molecule has 1 rings (SSSR count). The third kappa shape index (κ3) is 5.31. The number of aryl methyl sites for hydroxylation is 1. The highest BCUT2D eigenvalue weighted by Crippen LogP contribution is 2.32. The van der Waals surface area contributed by atoms with Gasteiger partial charge in [-0.1, -0.05) is 38.8 Å². The molecule has 4 nitrogen and oxygen atoms in total. The second-order valence-corrected chi connectivity index (χ2v) is 5.69. The minimum Gasteiger partial charge on any atom is -0.316 e. The lowest BCUT2D eigenvalue weighted by Gasteiger charge is -2.32. The number of hydrogen-bond acceptors (Lipinski definition) is 3. The van der Waals surface area contributed by atoms with Gasteiger partial charge in [0.2, 0.25) is 0 Å². The van der Waals surface area contributed by atoms with E-state index in [0.29, 0.717) is 5.41 Å². The second kappa shape index (κ2) is 8.31. The summed E-state index contributed by atoms with van der Waals surface area (Å²) in [4.78, 5) is 0. The van der Waals surface area contributed by atoms with Crippen LogP contribution in [0.25, 0.3) is 0 Å². The molecule has 1 unspecified atom stereocenters. The molecule has 0 bridgehead atoms. The summed E-state index contributed by atoms with van der Waals surface area (Å²) in [6.45, 7) is 8.99. The Morgan fingerprint density at radius 3 is 2.58 bits per heavy atom. The van der Waals surface area contributed by atoms with Crippen LogP contribution in [0.4, 0.5) is 0 Å². The van der Waals surface area contributed by atoms with Gasteiger partial charge in [-0.05, 0) is 37.6 Å². The van der Waals surface area contributed by atoms with E-state index in [0.717, 1.165) is 25.2 Å². The van der Waals surface area contributed by atoms with Gasteiger partial charge in [0, 0.05) is 19.8 Å². The van der Waals surface area contributed by atoms with E-state index in [1.54, 1.807) is 4.68 Å². The Bertz CT molecular complexity index is 348. The fourth-order valence-electron chi connectivity index (χ4n) is 2.61. The molecule has 0 fully saturated rings. The lowest BCUT2D eigenvalue weighted by molar-refractivity contribution is 0.227. The van der Waals surface area contributed by atoms with E-state index in [4.69, 9.17) is 0 Å². The van der Waals surface area contributed by atoms with Gasteiger partial charge in [-0.2, -0.15) is 0 Å². The summed E-state index contributed by atoms with van der Waals surface area (Å²) in [5.74, 6) is 0. The molecule has 4 heteroatoms. The monoisotopic (exact) mass is 266 g/mol. The first kappa shape index (κ1) is 16.2. The van der Waals surface area contributed by atoms with Crippen molar-refractivity contribution in [2.24, 2.45) is 12.5 Å². The van der Waals surface area contributed by atoms with Crippen molar-refractivity contribution in [1.82, 2.24) is 20.3 Å². The first-order chi connectivity index (χ1) is 9.15. The second-order valence-electron chi connectivity index (χ2n) is 5.69. The van der Waals surface area contributed by atoms with Gasteiger partial charge in [0.05, 0.1) is 5.69 Å². The molecule has 1 N–H and O–H groups in total. The Morgan fingerprint density at radius 2 is 2.05 bits per heavy atom. The predicted octanol–water partition coefficient (Wildman–Crippen LogP) is 2.94. The quantitative estimate of drug-likeness (QED) is 0.662. The number of nitrogens with zero attached hydrogens (tertiary/aromatic N) is 3.